The van der Waals surface area contributed by atoms with Gasteiger partial charge in [-0.25, -0.2) is 0 Å². The summed E-state index contributed by atoms with van der Waals surface area (Å²) in [5.74, 6) is 0.694. The van der Waals surface area contributed by atoms with E-state index in [1.807, 2.05) is 25.1 Å². The molecule has 0 spiro atoms. The molecule has 1 unspecified atom stereocenters. The summed E-state index contributed by atoms with van der Waals surface area (Å²) in [7, 11) is 1.62. The molecule has 0 saturated carbocycles. The molecule has 1 heterocycles. The quantitative estimate of drug-likeness (QED) is 0.909. The van der Waals surface area contributed by atoms with E-state index in [0.29, 0.717) is 10.8 Å². The minimum absolute atomic E-state index is 0.0722. The maximum absolute atomic E-state index is 6.00. The van der Waals surface area contributed by atoms with Crippen molar-refractivity contribution >= 4 is 22.9 Å². The monoisotopic (exact) mass is 267 g/mol. The molecule has 0 fully saturated rings. The van der Waals surface area contributed by atoms with Crippen LogP contribution >= 0.6 is 22.9 Å². The predicted octanol–water partition coefficient (Wildman–Crippen LogP) is 4.10. The molecule has 1 atom stereocenters. The van der Waals surface area contributed by atoms with Crippen LogP contribution in [0, 0.1) is 0 Å². The van der Waals surface area contributed by atoms with Crippen LogP contribution in [0.3, 0.4) is 0 Å². The van der Waals surface area contributed by atoms with Gasteiger partial charge in [0.1, 0.15) is 5.75 Å². The largest absolute Gasteiger partial charge is 0.495 e. The van der Waals surface area contributed by atoms with Gasteiger partial charge in [-0.05, 0) is 36.8 Å². The minimum Gasteiger partial charge on any atom is -0.495 e. The fourth-order valence-corrected chi connectivity index (χ4v) is 2.72. The molecule has 2 rings (SSSR count). The third kappa shape index (κ3) is 2.63. The van der Waals surface area contributed by atoms with E-state index < -0.39 is 0 Å². The Balaban J connectivity index is 2.38. The van der Waals surface area contributed by atoms with Crippen molar-refractivity contribution in [2.45, 2.75) is 13.0 Å². The molecule has 1 aromatic heterocycles. The van der Waals surface area contributed by atoms with Crippen LogP contribution in [0.25, 0.3) is 10.4 Å². The highest BCUT2D eigenvalue weighted by atomic mass is 35.5. The SMILES string of the molecule is COc1cc(-c2ccc(C(C)N)s2)ccc1Cl. The number of ether oxygens (including phenoxy) is 1. The molecule has 0 aliphatic heterocycles. The summed E-state index contributed by atoms with van der Waals surface area (Å²) in [6.07, 6.45) is 0. The van der Waals surface area contributed by atoms with Crippen LogP contribution < -0.4 is 10.5 Å². The van der Waals surface area contributed by atoms with Gasteiger partial charge in [-0.3, -0.25) is 0 Å². The van der Waals surface area contributed by atoms with Crippen molar-refractivity contribution in [3.05, 3.63) is 40.2 Å². The van der Waals surface area contributed by atoms with Crippen LogP contribution in [0.5, 0.6) is 5.75 Å². The van der Waals surface area contributed by atoms with E-state index in [1.54, 1.807) is 18.4 Å². The first-order valence-electron chi connectivity index (χ1n) is 5.31. The van der Waals surface area contributed by atoms with E-state index in [4.69, 9.17) is 22.1 Å². The molecule has 0 saturated heterocycles. The maximum atomic E-state index is 6.00. The Bertz CT molecular complexity index is 522. The van der Waals surface area contributed by atoms with E-state index in [2.05, 4.69) is 12.1 Å². The van der Waals surface area contributed by atoms with Crippen molar-refractivity contribution in [1.82, 2.24) is 0 Å². The van der Waals surface area contributed by atoms with Crippen molar-refractivity contribution in [1.29, 1.82) is 0 Å². The van der Waals surface area contributed by atoms with E-state index in [0.717, 1.165) is 5.56 Å². The molecule has 0 aliphatic carbocycles. The second kappa shape index (κ2) is 5.08. The molecule has 0 amide bonds. The summed E-state index contributed by atoms with van der Waals surface area (Å²) in [6.45, 7) is 1.98. The standard InChI is InChI=1S/C13H14ClNOS/c1-8(15)12-5-6-13(17-12)9-3-4-10(14)11(7-9)16-2/h3-8H,15H2,1-2H3. The summed E-state index contributed by atoms with van der Waals surface area (Å²) in [5.41, 5.74) is 6.95. The van der Waals surface area contributed by atoms with Crippen LogP contribution in [0.4, 0.5) is 0 Å². The van der Waals surface area contributed by atoms with Crippen LogP contribution in [0.1, 0.15) is 17.8 Å². The van der Waals surface area contributed by atoms with Crippen LogP contribution in [0.2, 0.25) is 5.02 Å². The number of hydrogen-bond acceptors (Lipinski definition) is 3. The van der Waals surface area contributed by atoms with Crippen molar-refractivity contribution in [3.8, 4) is 16.2 Å². The Morgan fingerprint density at radius 3 is 2.65 bits per heavy atom. The molecule has 2 N–H and O–H groups in total. The Morgan fingerprint density at radius 1 is 1.29 bits per heavy atom. The number of hydrogen-bond donors (Lipinski definition) is 1. The second-order valence-electron chi connectivity index (χ2n) is 3.84. The number of benzene rings is 1. The zero-order valence-corrected chi connectivity index (χ0v) is 11.3. The first kappa shape index (κ1) is 12.4. The fraction of sp³-hybridized carbons (Fsp3) is 0.231. The van der Waals surface area contributed by atoms with E-state index in [-0.39, 0.29) is 6.04 Å². The van der Waals surface area contributed by atoms with Crippen molar-refractivity contribution in [3.63, 3.8) is 0 Å². The number of methoxy groups -OCH3 is 1. The van der Waals surface area contributed by atoms with Gasteiger partial charge in [0.05, 0.1) is 12.1 Å². The average Bonchev–Trinajstić information content (AvgIpc) is 2.79. The van der Waals surface area contributed by atoms with Crippen LogP contribution in [-0.4, -0.2) is 7.11 Å². The lowest BCUT2D eigenvalue weighted by atomic mass is 10.2. The van der Waals surface area contributed by atoms with Crippen molar-refractivity contribution in [2.75, 3.05) is 7.11 Å². The normalized spacial score (nSPS) is 12.5. The molecular formula is C13H14ClNOS. The molecule has 90 valence electrons. The molecule has 0 radical (unpaired) electrons. The lowest BCUT2D eigenvalue weighted by Crippen LogP contribution is -2.01. The number of rotatable bonds is 3. The molecular weight excluding hydrogens is 254 g/mol. The summed E-state index contributed by atoms with van der Waals surface area (Å²) >= 11 is 7.69. The molecule has 0 aliphatic rings. The smallest absolute Gasteiger partial charge is 0.138 e. The summed E-state index contributed by atoms with van der Waals surface area (Å²) in [6, 6.07) is 9.99. The second-order valence-corrected chi connectivity index (χ2v) is 5.36. The highest BCUT2D eigenvalue weighted by Gasteiger charge is 2.08. The average molecular weight is 268 g/mol. The summed E-state index contributed by atoms with van der Waals surface area (Å²) in [5, 5.41) is 0.625. The van der Waals surface area contributed by atoms with E-state index in [9.17, 15) is 0 Å². The third-order valence-corrected chi connectivity index (χ3v) is 4.16. The van der Waals surface area contributed by atoms with Gasteiger partial charge in [0.25, 0.3) is 0 Å². The predicted molar refractivity (Wildman–Crippen MR) is 73.9 cm³/mol. The highest BCUT2D eigenvalue weighted by molar-refractivity contribution is 7.15. The van der Waals surface area contributed by atoms with Gasteiger partial charge >= 0.3 is 0 Å². The third-order valence-electron chi connectivity index (χ3n) is 2.51. The summed E-state index contributed by atoms with van der Waals surface area (Å²) in [4.78, 5) is 2.35. The Morgan fingerprint density at radius 2 is 2.06 bits per heavy atom. The van der Waals surface area contributed by atoms with Crippen molar-refractivity contribution < 1.29 is 4.74 Å². The summed E-state index contributed by atoms with van der Waals surface area (Å²) < 4.78 is 5.21. The molecule has 17 heavy (non-hydrogen) atoms. The maximum Gasteiger partial charge on any atom is 0.138 e. The number of thiophene rings is 1. The topological polar surface area (TPSA) is 35.2 Å². The first-order valence-corrected chi connectivity index (χ1v) is 6.50. The van der Waals surface area contributed by atoms with Gasteiger partial charge < -0.3 is 10.5 Å². The Kier molecular flexibility index (Phi) is 3.72. The van der Waals surface area contributed by atoms with Gasteiger partial charge in [-0.2, -0.15) is 0 Å². The van der Waals surface area contributed by atoms with Gasteiger partial charge in [0, 0.05) is 15.8 Å². The number of halogens is 1. The van der Waals surface area contributed by atoms with Gasteiger partial charge in [-0.15, -0.1) is 11.3 Å². The van der Waals surface area contributed by atoms with E-state index in [1.165, 1.54) is 9.75 Å². The Hall–Kier alpha value is -1.03. The lowest BCUT2D eigenvalue weighted by molar-refractivity contribution is 0.415. The van der Waals surface area contributed by atoms with E-state index >= 15 is 0 Å². The van der Waals surface area contributed by atoms with Gasteiger partial charge in [0.15, 0.2) is 0 Å². The van der Waals surface area contributed by atoms with Gasteiger partial charge in [0.2, 0.25) is 0 Å². The zero-order valence-electron chi connectivity index (χ0n) is 9.74. The lowest BCUT2D eigenvalue weighted by Gasteiger charge is -2.05. The van der Waals surface area contributed by atoms with Gasteiger partial charge in [-0.1, -0.05) is 17.7 Å². The van der Waals surface area contributed by atoms with Crippen LogP contribution in [0.15, 0.2) is 30.3 Å². The Labute approximate surface area is 110 Å². The molecule has 4 heteroatoms. The fourth-order valence-electron chi connectivity index (χ4n) is 1.57. The molecule has 1 aromatic carbocycles. The van der Waals surface area contributed by atoms with Crippen LogP contribution in [-0.2, 0) is 0 Å². The highest BCUT2D eigenvalue weighted by Crippen LogP contribution is 2.35. The number of nitrogens with two attached hydrogens (primary N) is 1. The first-order chi connectivity index (χ1) is 8.11. The van der Waals surface area contributed by atoms with Crippen molar-refractivity contribution in [2.24, 2.45) is 5.73 Å². The molecule has 2 nitrogen and oxygen atoms in total. The zero-order chi connectivity index (χ0) is 12.4. The molecule has 2 aromatic rings. The molecule has 0 bridgehead atoms. The minimum atomic E-state index is 0.0722.